The highest BCUT2D eigenvalue weighted by atomic mass is 16.5. The Balaban J connectivity index is 1.85. The number of hydrogen-bond acceptors (Lipinski definition) is 8. The highest BCUT2D eigenvalue weighted by molar-refractivity contribution is 6.35. The summed E-state index contributed by atoms with van der Waals surface area (Å²) in [5.74, 6) is 0.0580. The summed E-state index contributed by atoms with van der Waals surface area (Å²) in [6.07, 6.45) is 0.650. The lowest BCUT2D eigenvalue weighted by atomic mass is 9.80. The summed E-state index contributed by atoms with van der Waals surface area (Å²) in [5, 5.41) is 19.1. The van der Waals surface area contributed by atoms with Crippen LogP contribution in [0.1, 0.15) is 54.6 Å². The summed E-state index contributed by atoms with van der Waals surface area (Å²) in [7, 11) is 4.35. The maximum absolute atomic E-state index is 13.4. The summed E-state index contributed by atoms with van der Waals surface area (Å²) in [6, 6.07) is 9.89. The molecule has 2 heterocycles. The molecule has 1 atom stereocenters. The summed E-state index contributed by atoms with van der Waals surface area (Å²) in [5.41, 5.74) is 1.23. The van der Waals surface area contributed by atoms with Crippen molar-refractivity contribution in [2.24, 2.45) is 0 Å². The largest absolute Gasteiger partial charge is 0.493 e. The van der Waals surface area contributed by atoms with Crippen LogP contribution in [0.5, 0.6) is 23.0 Å². The summed E-state index contributed by atoms with van der Waals surface area (Å²) in [6.45, 7) is 5.93. The van der Waals surface area contributed by atoms with Crippen LogP contribution in [0.3, 0.4) is 0 Å². The summed E-state index contributed by atoms with van der Waals surface area (Å²) < 4.78 is 21.7. The number of allylic oxidation sites excluding steroid dienone is 1. The van der Waals surface area contributed by atoms with Crippen LogP contribution in [0.15, 0.2) is 29.8 Å². The Morgan fingerprint density at radius 2 is 1.64 bits per heavy atom. The first-order valence-corrected chi connectivity index (χ1v) is 11.2. The Bertz CT molecular complexity index is 1370. The van der Waals surface area contributed by atoms with Gasteiger partial charge in [-0.25, -0.2) is 4.79 Å². The fourth-order valence-corrected chi connectivity index (χ4v) is 5.10. The summed E-state index contributed by atoms with van der Waals surface area (Å²) in [4.78, 5) is 28.2. The second-order valence-electron chi connectivity index (χ2n) is 9.24. The number of esters is 1. The van der Waals surface area contributed by atoms with Gasteiger partial charge in [-0.3, -0.25) is 4.79 Å². The van der Waals surface area contributed by atoms with Crippen molar-refractivity contribution in [2.75, 3.05) is 26.2 Å². The topological polar surface area (TPSA) is 122 Å². The van der Waals surface area contributed by atoms with E-state index in [9.17, 15) is 20.1 Å². The number of methoxy groups -OCH3 is 3. The van der Waals surface area contributed by atoms with E-state index in [1.165, 1.54) is 39.5 Å². The van der Waals surface area contributed by atoms with Gasteiger partial charge in [0.2, 0.25) is 5.75 Å². The zero-order chi connectivity index (χ0) is 26.4. The Morgan fingerprint density at radius 3 is 2.17 bits per heavy atom. The zero-order valence-corrected chi connectivity index (χ0v) is 20.9. The number of anilines is 1. The van der Waals surface area contributed by atoms with Gasteiger partial charge in [-0.05, 0) is 56.0 Å². The third kappa shape index (κ3) is 3.70. The smallest absolute Gasteiger partial charge is 0.343 e. The number of nitrogens with zero attached hydrogens (tertiary/aromatic N) is 3. The van der Waals surface area contributed by atoms with Crippen LogP contribution in [0.2, 0.25) is 0 Å². The van der Waals surface area contributed by atoms with Gasteiger partial charge in [0.05, 0.1) is 38.2 Å². The molecule has 0 saturated carbocycles. The van der Waals surface area contributed by atoms with Gasteiger partial charge in [-0.1, -0.05) is 6.92 Å². The van der Waals surface area contributed by atoms with E-state index in [1.54, 1.807) is 11.0 Å². The lowest BCUT2D eigenvalue weighted by Crippen LogP contribution is -2.49. The molecule has 0 bridgehead atoms. The first-order valence-electron chi connectivity index (χ1n) is 11.2. The molecular formula is C27H25N3O6. The second kappa shape index (κ2) is 8.94. The third-order valence-corrected chi connectivity index (χ3v) is 6.55. The number of carbonyl (C=O) groups is 2. The SMILES string of the molecule is COc1cc(C(=O)Oc2cc3c4c(c2)C(C)CC(C)(C)N4C(=O)C3=C(C#N)C#N)cc(OC)c1OC. The molecule has 1 amide bonds. The van der Waals surface area contributed by atoms with Crippen molar-refractivity contribution in [3.63, 3.8) is 0 Å². The highest BCUT2D eigenvalue weighted by Crippen LogP contribution is 2.53. The average molecular weight is 488 g/mol. The Morgan fingerprint density at radius 1 is 1.03 bits per heavy atom. The molecule has 0 fully saturated rings. The molecule has 1 unspecified atom stereocenters. The van der Waals surface area contributed by atoms with Crippen molar-refractivity contribution in [3.05, 3.63) is 46.5 Å². The maximum Gasteiger partial charge on any atom is 0.343 e. The molecule has 36 heavy (non-hydrogen) atoms. The number of carbonyl (C=O) groups excluding carboxylic acids is 2. The number of benzene rings is 2. The molecule has 2 aliphatic heterocycles. The zero-order valence-electron chi connectivity index (χ0n) is 20.9. The Kier molecular flexibility index (Phi) is 6.11. The molecule has 0 aliphatic carbocycles. The minimum absolute atomic E-state index is 0.0177. The van der Waals surface area contributed by atoms with Gasteiger partial charge in [-0.2, -0.15) is 10.5 Å². The fourth-order valence-electron chi connectivity index (χ4n) is 5.10. The number of nitriles is 2. The fraction of sp³-hybridized carbons (Fsp3) is 0.333. The van der Waals surface area contributed by atoms with Crippen LogP contribution < -0.4 is 23.8 Å². The molecule has 0 aromatic heterocycles. The predicted molar refractivity (Wildman–Crippen MR) is 130 cm³/mol. The van der Waals surface area contributed by atoms with Gasteiger partial charge in [-0.15, -0.1) is 0 Å². The van der Waals surface area contributed by atoms with E-state index in [0.29, 0.717) is 34.9 Å². The normalized spacial score (nSPS) is 17.0. The van der Waals surface area contributed by atoms with Gasteiger partial charge >= 0.3 is 5.97 Å². The van der Waals surface area contributed by atoms with E-state index in [2.05, 4.69) is 0 Å². The molecule has 2 aromatic rings. The lowest BCUT2D eigenvalue weighted by molar-refractivity contribution is -0.114. The van der Waals surface area contributed by atoms with Gasteiger partial charge in [0.1, 0.15) is 23.5 Å². The van der Waals surface area contributed by atoms with Crippen molar-refractivity contribution in [1.29, 1.82) is 10.5 Å². The van der Waals surface area contributed by atoms with E-state index in [1.807, 2.05) is 32.9 Å². The van der Waals surface area contributed by atoms with Crippen molar-refractivity contribution < 1.29 is 28.5 Å². The standard InChI is InChI=1S/C27H25N3O6/c1-14-11-27(2,3)30-23-18(14)9-17(10-19(23)22(25(30)31)16(12-28)13-29)36-26(32)15-7-20(33-4)24(35-6)21(8-15)34-5/h7-10,14H,11H2,1-6H3. The first-order chi connectivity index (χ1) is 17.1. The van der Waals surface area contributed by atoms with E-state index in [4.69, 9.17) is 18.9 Å². The molecule has 9 nitrogen and oxygen atoms in total. The highest BCUT2D eigenvalue weighted by Gasteiger charge is 2.48. The average Bonchev–Trinajstić information content (AvgIpc) is 3.15. The molecule has 2 aliphatic rings. The third-order valence-electron chi connectivity index (χ3n) is 6.55. The van der Waals surface area contributed by atoms with Gasteiger partial charge in [0, 0.05) is 11.1 Å². The van der Waals surface area contributed by atoms with Crippen LogP contribution in [0.25, 0.3) is 5.57 Å². The van der Waals surface area contributed by atoms with Crippen LogP contribution in [0.4, 0.5) is 5.69 Å². The van der Waals surface area contributed by atoms with Crippen molar-refractivity contribution >= 4 is 23.1 Å². The number of ether oxygens (including phenoxy) is 4. The lowest BCUT2D eigenvalue weighted by Gasteiger charge is -2.43. The van der Waals surface area contributed by atoms with Crippen LogP contribution in [-0.4, -0.2) is 38.7 Å². The Labute approximate surface area is 209 Å². The van der Waals surface area contributed by atoms with Crippen LogP contribution in [0, 0.1) is 22.7 Å². The molecule has 184 valence electrons. The Hall–Kier alpha value is -4.50. The molecule has 0 radical (unpaired) electrons. The van der Waals surface area contributed by atoms with Gasteiger partial charge in [0.15, 0.2) is 11.5 Å². The van der Waals surface area contributed by atoms with E-state index >= 15 is 0 Å². The minimum Gasteiger partial charge on any atom is -0.493 e. The first kappa shape index (κ1) is 24.6. The summed E-state index contributed by atoms with van der Waals surface area (Å²) >= 11 is 0. The quantitative estimate of drug-likeness (QED) is 0.264. The molecule has 0 saturated heterocycles. The van der Waals surface area contributed by atoms with Crippen molar-refractivity contribution in [2.45, 2.75) is 38.6 Å². The van der Waals surface area contributed by atoms with E-state index in [-0.39, 0.29) is 28.4 Å². The molecule has 9 heteroatoms. The molecule has 4 rings (SSSR count). The van der Waals surface area contributed by atoms with Gasteiger partial charge < -0.3 is 23.8 Å². The number of amides is 1. The second-order valence-corrected chi connectivity index (χ2v) is 9.24. The van der Waals surface area contributed by atoms with Crippen LogP contribution in [-0.2, 0) is 4.79 Å². The minimum atomic E-state index is -0.683. The number of hydrogen-bond donors (Lipinski definition) is 0. The number of rotatable bonds is 5. The van der Waals surface area contributed by atoms with Gasteiger partial charge in [0.25, 0.3) is 5.91 Å². The molecule has 0 N–H and O–H groups in total. The molecule has 0 spiro atoms. The monoisotopic (exact) mass is 487 g/mol. The van der Waals surface area contributed by atoms with Crippen molar-refractivity contribution in [1.82, 2.24) is 0 Å². The predicted octanol–water partition coefficient (Wildman–Crippen LogP) is 4.36. The van der Waals surface area contributed by atoms with Crippen LogP contribution >= 0.6 is 0 Å². The van der Waals surface area contributed by atoms with E-state index in [0.717, 1.165) is 5.56 Å². The molecule has 2 aromatic carbocycles. The molecular weight excluding hydrogens is 462 g/mol. The van der Waals surface area contributed by atoms with E-state index < -0.39 is 17.4 Å². The maximum atomic E-state index is 13.4. The van der Waals surface area contributed by atoms with Crippen molar-refractivity contribution in [3.8, 4) is 35.1 Å².